The SMILES string of the molecule is CC(C(=O)Nc1cccc(C(F)(F)F)c1)N1C[C@@H]2CCC[C@@]2(C(=O)O)C1.Cl. The van der Waals surface area contributed by atoms with Gasteiger partial charge in [-0.3, -0.25) is 14.5 Å². The lowest BCUT2D eigenvalue weighted by Gasteiger charge is -2.26. The van der Waals surface area contributed by atoms with Crippen LogP contribution in [0.5, 0.6) is 0 Å². The molecule has 9 heteroatoms. The van der Waals surface area contributed by atoms with Crippen molar-refractivity contribution >= 4 is 30.0 Å². The Labute approximate surface area is 161 Å². The summed E-state index contributed by atoms with van der Waals surface area (Å²) in [4.78, 5) is 26.0. The predicted molar refractivity (Wildman–Crippen MR) is 95.8 cm³/mol. The third kappa shape index (κ3) is 4.06. The largest absolute Gasteiger partial charge is 0.481 e. The van der Waals surface area contributed by atoms with Gasteiger partial charge in [-0.15, -0.1) is 12.4 Å². The van der Waals surface area contributed by atoms with E-state index < -0.39 is 35.1 Å². The van der Waals surface area contributed by atoms with Crippen LogP contribution < -0.4 is 5.32 Å². The second kappa shape index (κ2) is 7.67. The molecule has 1 unspecified atom stereocenters. The number of benzene rings is 1. The normalized spacial score (nSPS) is 26.1. The van der Waals surface area contributed by atoms with Crippen LogP contribution in [0.15, 0.2) is 24.3 Å². The molecule has 1 aromatic carbocycles. The zero-order chi connectivity index (χ0) is 19.1. The molecule has 1 amide bonds. The number of rotatable bonds is 4. The van der Waals surface area contributed by atoms with E-state index in [1.165, 1.54) is 12.1 Å². The number of halogens is 4. The summed E-state index contributed by atoms with van der Waals surface area (Å²) in [7, 11) is 0. The molecule has 5 nitrogen and oxygen atoms in total. The molecule has 2 fully saturated rings. The highest BCUT2D eigenvalue weighted by molar-refractivity contribution is 5.94. The van der Waals surface area contributed by atoms with E-state index in [9.17, 15) is 27.9 Å². The summed E-state index contributed by atoms with van der Waals surface area (Å²) in [6.45, 7) is 2.47. The van der Waals surface area contributed by atoms with Crippen molar-refractivity contribution in [2.75, 3.05) is 18.4 Å². The van der Waals surface area contributed by atoms with Crippen LogP contribution in [0.25, 0.3) is 0 Å². The number of amides is 1. The number of likely N-dealkylation sites (tertiary alicyclic amines) is 1. The number of carboxylic acid groups (broad SMARTS) is 1. The number of hydrogen-bond acceptors (Lipinski definition) is 3. The van der Waals surface area contributed by atoms with Gasteiger partial charge >= 0.3 is 12.1 Å². The van der Waals surface area contributed by atoms with Crippen molar-refractivity contribution in [3.8, 4) is 0 Å². The van der Waals surface area contributed by atoms with Crippen LogP contribution in [-0.2, 0) is 15.8 Å². The minimum absolute atomic E-state index is 0. The van der Waals surface area contributed by atoms with Crippen molar-refractivity contribution in [1.82, 2.24) is 4.90 Å². The first-order valence-electron chi connectivity index (χ1n) is 8.59. The second-order valence-electron chi connectivity index (χ2n) is 7.22. The Morgan fingerprint density at radius 1 is 1.37 bits per heavy atom. The summed E-state index contributed by atoms with van der Waals surface area (Å²) in [6.07, 6.45) is -2.18. The van der Waals surface area contributed by atoms with Crippen LogP contribution in [0, 0.1) is 11.3 Å². The fraction of sp³-hybridized carbons (Fsp3) is 0.556. The third-order valence-corrected chi connectivity index (χ3v) is 5.71. The maximum Gasteiger partial charge on any atom is 0.416 e. The molecule has 1 aliphatic heterocycles. The molecule has 0 spiro atoms. The minimum atomic E-state index is -4.48. The average Bonchev–Trinajstić information content (AvgIpc) is 3.11. The molecule has 1 saturated heterocycles. The zero-order valence-corrected chi connectivity index (χ0v) is 15.6. The van der Waals surface area contributed by atoms with Crippen molar-refractivity contribution in [3.05, 3.63) is 29.8 Å². The lowest BCUT2D eigenvalue weighted by Crippen LogP contribution is -2.43. The van der Waals surface area contributed by atoms with Gasteiger partial charge in [-0.2, -0.15) is 13.2 Å². The molecular weight excluding hydrogens is 385 g/mol. The van der Waals surface area contributed by atoms with Gasteiger partial charge in [-0.25, -0.2) is 0 Å². The molecule has 27 heavy (non-hydrogen) atoms. The number of fused-ring (bicyclic) bond motifs is 1. The molecule has 2 N–H and O–H groups in total. The van der Waals surface area contributed by atoms with E-state index in [4.69, 9.17) is 0 Å². The Bertz CT molecular complexity index is 728. The van der Waals surface area contributed by atoms with Crippen molar-refractivity contribution in [1.29, 1.82) is 0 Å². The molecule has 0 aromatic heterocycles. The number of nitrogens with zero attached hydrogens (tertiary/aromatic N) is 1. The Hall–Kier alpha value is -1.80. The maximum absolute atomic E-state index is 12.8. The maximum atomic E-state index is 12.8. The molecule has 1 heterocycles. The summed E-state index contributed by atoms with van der Waals surface area (Å²) >= 11 is 0. The number of carboxylic acids is 1. The molecule has 150 valence electrons. The Morgan fingerprint density at radius 2 is 2.07 bits per heavy atom. The quantitative estimate of drug-likeness (QED) is 0.801. The van der Waals surface area contributed by atoms with Gasteiger partial charge < -0.3 is 10.4 Å². The highest BCUT2D eigenvalue weighted by Crippen LogP contribution is 2.49. The highest BCUT2D eigenvalue weighted by atomic mass is 35.5. The predicted octanol–water partition coefficient (Wildman–Crippen LogP) is 3.64. The number of nitrogens with one attached hydrogen (secondary N) is 1. The van der Waals surface area contributed by atoms with Gasteiger partial charge in [0.15, 0.2) is 0 Å². The van der Waals surface area contributed by atoms with E-state index in [1.54, 1.807) is 6.92 Å². The number of anilines is 1. The lowest BCUT2D eigenvalue weighted by molar-refractivity contribution is -0.149. The molecule has 3 rings (SSSR count). The van der Waals surface area contributed by atoms with Crippen LogP contribution in [0.1, 0.15) is 31.7 Å². The first-order chi connectivity index (χ1) is 12.1. The van der Waals surface area contributed by atoms with Crippen molar-refractivity contribution < 1.29 is 27.9 Å². The van der Waals surface area contributed by atoms with Gasteiger partial charge in [-0.05, 0) is 43.9 Å². The monoisotopic (exact) mass is 406 g/mol. The van der Waals surface area contributed by atoms with Gasteiger partial charge in [0.2, 0.25) is 5.91 Å². The topological polar surface area (TPSA) is 69.6 Å². The number of alkyl halides is 3. The van der Waals surface area contributed by atoms with Gasteiger partial charge in [-0.1, -0.05) is 12.5 Å². The van der Waals surface area contributed by atoms with Crippen LogP contribution >= 0.6 is 12.4 Å². The minimum Gasteiger partial charge on any atom is -0.481 e. The lowest BCUT2D eigenvalue weighted by atomic mass is 9.81. The van der Waals surface area contributed by atoms with Crippen LogP contribution in [-0.4, -0.2) is 41.0 Å². The number of aliphatic carboxylic acids is 1. The van der Waals surface area contributed by atoms with E-state index >= 15 is 0 Å². The zero-order valence-electron chi connectivity index (χ0n) is 14.8. The fourth-order valence-electron chi connectivity index (χ4n) is 4.16. The van der Waals surface area contributed by atoms with Crippen molar-refractivity contribution in [3.63, 3.8) is 0 Å². The van der Waals surface area contributed by atoms with Gasteiger partial charge in [0.1, 0.15) is 0 Å². The fourth-order valence-corrected chi connectivity index (χ4v) is 4.16. The summed E-state index contributed by atoms with van der Waals surface area (Å²) in [6, 6.07) is 3.85. The van der Waals surface area contributed by atoms with E-state index in [-0.39, 0.29) is 24.0 Å². The van der Waals surface area contributed by atoms with Crippen molar-refractivity contribution in [2.24, 2.45) is 11.3 Å². The summed E-state index contributed by atoms with van der Waals surface area (Å²) < 4.78 is 38.3. The van der Waals surface area contributed by atoms with Crippen LogP contribution in [0.3, 0.4) is 0 Å². The summed E-state index contributed by atoms with van der Waals surface area (Å²) in [5.41, 5.74) is -1.56. The van der Waals surface area contributed by atoms with Crippen LogP contribution in [0.4, 0.5) is 18.9 Å². The van der Waals surface area contributed by atoms with E-state index in [0.29, 0.717) is 19.5 Å². The molecule has 0 radical (unpaired) electrons. The molecule has 1 aliphatic carbocycles. The molecule has 1 aromatic rings. The Kier molecular flexibility index (Phi) is 6.11. The number of hydrogen-bond donors (Lipinski definition) is 2. The Balaban J connectivity index is 0.00000261. The smallest absolute Gasteiger partial charge is 0.416 e. The second-order valence-corrected chi connectivity index (χ2v) is 7.22. The molecular formula is C18H22ClF3N2O3. The number of carbonyl (C=O) groups excluding carboxylic acids is 1. The first-order valence-corrected chi connectivity index (χ1v) is 8.59. The van der Waals surface area contributed by atoms with E-state index in [2.05, 4.69) is 5.32 Å². The van der Waals surface area contributed by atoms with Crippen LogP contribution in [0.2, 0.25) is 0 Å². The number of carbonyl (C=O) groups is 2. The van der Waals surface area contributed by atoms with Crippen molar-refractivity contribution in [2.45, 2.75) is 38.4 Å². The Morgan fingerprint density at radius 3 is 2.67 bits per heavy atom. The standard InChI is InChI=1S/C18H21F3N2O3.ClH/c1-11(23-9-13-5-3-7-17(13,10-23)16(25)26)15(24)22-14-6-2-4-12(8-14)18(19,20)21;/h2,4,6,8,11,13H,3,5,7,9-10H2,1H3,(H,22,24)(H,25,26);1H/t11?,13-,17+;/m0./s1. The van der Waals surface area contributed by atoms with E-state index in [1.807, 2.05) is 4.90 Å². The van der Waals surface area contributed by atoms with E-state index in [0.717, 1.165) is 25.0 Å². The average molecular weight is 407 g/mol. The molecule has 2 aliphatic rings. The third-order valence-electron chi connectivity index (χ3n) is 5.71. The van der Waals surface area contributed by atoms with Gasteiger partial charge in [0, 0.05) is 18.8 Å². The van der Waals surface area contributed by atoms with Gasteiger partial charge in [0.05, 0.1) is 17.0 Å². The molecule has 1 saturated carbocycles. The molecule has 0 bridgehead atoms. The molecule has 3 atom stereocenters. The first kappa shape index (κ1) is 21.5. The summed E-state index contributed by atoms with van der Waals surface area (Å²) in [5, 5.41) is 12.1. The van der Waals surface area contributed by atoms with Gasteiger partial charge in [0.25, 0.3) is 0 Å². The highest BCUT2D eigenvalue weighted by Gasteiger charge is 2.55. The summed E-state index contributed by atoms with van der Waals surface area (Å²) in [5.74, 6) is -1.25.